The molecule has 0 N–H and O–H groups in total. The third-order valence-corrected chi connectivity index (χ3v) is 2.78. The summed E-state index contributed by atoms with van der Waals surface area (Å²) >= 11 is 1.35. The molecule has 0 aromatic rings. The minimum atomic E-state index is -0.347. The average molecular weight is 218 g/mol. The van der Waals surface area contributed by atoms with Crippen LogP contribution >= 0.6 is 11.8 Å². The highest BCUT2D eigenvalue weighted by atomic mass is 32.2. The second kappa shape index (κ2) is 5.98. The lowest BCUT2D eigenvalue weighted by Gasteiger charge is -2.03. The normalized spacial score (nSPS) is 22.6. The number of ether oxygens (including phenoxy) is 1. The number of hydrogen-bond donors (Lipinski definition) is 0. The van der Waals surface area contributed by atoms with Crippen molar-refractivity contribution in [3.63, 3.8) is 0 Å². The fourth-order valence-electron chi connectivity index (χ4n) is 1.25. The Morgan fingerprint density at radius 1 is 1.79 bits per heavy atom. The zero-order valence-corrected chi connectivity index (χ0v) is 8.96. The number of nitrogens with zero attached hydrogens (tertiary/aromatic N) is 2. The Bertz CT molecular complexity index is 227. The van der Waals surface area contributed by atoms with Crippen LogP contribution < -0.4 is 0 Å². The fourth-order valence-corrected chi connectivity index (χ4v) is 1.69. The Labute approximate surface area is 87.1 Å². The van der Waals surface area contributed by atoms with Gasteiger partial charge >= 0.3 is 0 Å². The van der Waals surface area contributed by atoms with Gasteiger partial charge in [-0.2, -0.15) is 0 Å². The van der Waals surface area contributed by atoms with E-state index in [1.165, 1.54) is 11.8 Å². The van der Waals surface area contributed by atoms with E-state index in [1.807, 2.05) is 6.26 Å². The van der Waals surface area contributed by atoms with E-state index in [-0.39, 0.29) is 11.5 Å². The van der Waals surface area contributed by atoms with Gasteiger partial charge in [0.25, 0.3) is 6.54 Å². The third kappa shape index (κ3) is 4.06. The SMILES string of the molecule is CSC(C[N+](=O)[O-])=NCC1CCOC1. The van der Waals surface area contributed by atoms with Crippen LogP contribution in [0.4, 0.5) is 0 Å². The van der Waals surface area contributed by atoms with Gasteiger partial charge in [0.2, 0.25) is 0 Å². The lowest BCUT2D eigenvalue weighted by Crippen LogP contribution is -2.13. The van der Waals surface area contributed by atoms with Crippen molar-refractivity contribution in [1.82, 2.24) is 0 Å². The second-order valence-corrected chi connectivity index (χ2v) is 4.04. The van der Waals surface area contributed by atoms with Crippen LogP contribution in [-0.4, -0.2) is 42.5 Å². The van der Waals surface area contributed by atoms with Crippen LogP contribution in [0.15, 0.2) is 4.99 Å². The van der Waals surface area contributed by atoms with Gasteiger partial charge in [0.15, 0.2) is 0 Å². The van der Waals surface area contributed by atoms with E-state index in [4.69, 9.17) is 4.74 Å². The maximum atomic E-state index is 10.3. The lowest BCUT2D eigenvalue weighted by molar-refractivity contribution is -0.462. The average Bonchev–Trinajstić information content (AvgIpc) is 2.64. The molecule has 80 valence electrons. The maximum absolute atomic E-state index is 10.3. The molecule has 5 nitrogen and oxygen atoms in total. The molecule has 0 aromatic heterocycles. The van der Waals surface area contributed by atoms with E-state index in [2.05, 4.69) is 4.99 Å². The second-order valence-electron chi connectivity index (χ2n) is 3.16. The number of hydrogen-bond acceptors (Lipinski definition) is 5. The van der Waals surface area contributed by atoms with E-state index >= 15 is 0 Å². The van der Waals surface area contributed by atoms with E-state index in [0.717, 1.165) is 19.6 Å². The summed E-state index contributed by atoms with van der Waals surface area (Å²) in [4.78, 5) is 14.1. The summed E-state index contributed by atoms with van der Waals surface area (Å²) in [6, 6.07) is 0. The molecule has 1 unspecified atom stereocenters. The Morgan fingerprint density at radius 2 is 2.57 bits per heavy atom. The predicted octanol–water partition coefficient (Wildman–Crippen LogP) is 1.06. The third-order valence-electron chi connectivity index (χ3n) is 2.05. The molecule has 1 aliphatic rings. The maximum Gasteiger partial charge on any atom is 0.250 e. The van der Waals surface area contributed by atoms with Crippen LogP contribution in [0.2, 0.25) is 0 Å². The summed E-state index contributed by atoms with van der Waals surface area (Å²) in [7, 11) is 0. The van der Waals surface area contributed by atoms with Gasteiger partial charge in [-0.25, -0.2) is 0 Å². The molecule has 14 heavy (non-hydrogen) atoms. The van der Waals surface area contributed by atoms with Crippen LogP contribution in [0, 0.1) is 16.0 Å². The first-order chi connectivity index (χ1) is 6.72. The van der Waals surface area contributed by atoms with Gasteiger partial charge in [-0.1, -0.05) is 0 Å². The first-order valence-electron chi connectivity index (χ1n) is 4.49. The molecule has 1 rings (SSSR count). The smallest absolute Gasteiger partial charge is 0.250 e. The van der Waals surface area contributed by atoms with Crippen molar-refractivity contribution in [3.8, 4) is 0 Å². The van der Waals surface area contributed by atoms with E-state index < -0.39 is 0 Å². The van der Waals surface area contributed by atoms with Crippen molar-refractivity contribution in [1.29, 1.82) is 0 Å². The van der Waals surface area contributed by atoms with Gasteiger partial charge in [0.05, 0.1) is 6.61 Å². The Morgan fingerprint density at radius 3 is 3.07 bits per heavy atom. The monoisotopic (exact) mass is 218 g/mol. The molecule has 0 aliphatic carbocycles. The first kappa shape index (κ1) is 11.5. The Hall–Kier alpha value is -0.620. The number of thioether (sulfide) groups is 1. The highest BCUT2D eigenvalue weighted by Gasteiger charge is 2.15. The zero-order valence-electron chi connectivity index (χ0n) is 8.14. The standard InChI is InChI=1S/C8H14N2O3S/c1-14-8(5-10(11)12)9-4-7-2-3-13-6-7/h7H,2-6H2,1H3. The fraction of sp³-hybridized carbons (Fsp3) is 0.875. The van der Waals surface area contributed by atoms with Crippen molar-refractivity contribution in [2.45, 2.75) is 6.42 Å². The van der Waals surface area contributed by atoms with Crippen molar-refractivity contribution in [3.05, 3.63) is 10.1 Å². The van der Waals surface area contributed by atoms with Gasteiger partial charge in [-0.05, 0) is 12.7 Å². The molecular formula is C8H14N2O3S. The Balaban J connectivity index is 2.34. The van der Waals surface area contributed by atoms with Crippen LogP contribution in [0.1, 0.15) is 6.42 Å². The van der Waals surface area contributed by atoms with Gasteiger partial charge in [-0.3, -0.25) is 15.1 Å². The summed E-state index contributed by atoms with van der Waals surface area (Å²) in [5.41, 5.74) is 0. The minimum absolute atomic E-state index is 0.158. The molecule has 1 aliphatic heterocycles. The molecule has 6 heteroatoms. The van der Waals surface area contributed by atoms with Gasteiger partial charge < -0.3 is 4.74 Å². The van der Waals surface area contributed by atoms with Crippen molar-refractivity contribution >= 4 is 16.8 Å². The molecule has 0 bridgehead atoms. The zero-order chi connectivity index (χ0) is 10.4. The molecule has 0 aromatic carbocycles. The molecule has 0 saturated carbocycles. The Kier molecular flexibility index (Phi) is 4.89. The highest BCUT2D eigenvalue weighted by Crippen LogP contribution is 2.13. The first-order valence-corrected chi connectivity index (χ1v) is 5.71. The van der Waals surface area contributed by atoms with Gasteiger partial charge in [-0.15, -0.1) is 11.8 Å². The topological polar surface area (TPSA) is 64.7 Å². The molecular weight excluding hydrogens is 204 g/mol. The van der Waals surface area contributed by atoms with Crippen molar-refractivity contribution < 1.29 is 9.66 Å². The van der Waals surface area contributed by atoms with E-state index in [9.17, 15) is 10.1 Å². The van der Waals surface area contributed by atoms with Crippen LogP contribution in [0.3, 0.4) is 0 Å². The summed E-state index contributed by atoms with van der Waals surface area (Å²) < 4.78 is 5.19. The van der Waals surface area contributed by atoms with Crippen molar-refractivity contribution in [2.75, 3.05) is 32.6 Å². The van der Waals surface area contributed by atoms with E-state index in [1.54, 1.807) is 0 Å². The molecule has 1 heterocycles. The van der Waals surface area contributed by atoms with Crippen LogP contribution in [0.25, 0.3) is 0 Å². The molecule has 0 radical (unpaired) electrons. The highest BCUT2D eigenvalue weighted by molar-refractivity contribution is 8.13. The number of aliphatic imine (C=N–C) groups is 1. The summed E-state index contributed by atoms with van der Waals surface area (Å²) in [6.45, 7) is 2.03. The number of nitro groups is 1. The molecule has 1 saturated heterocycles. The van der Waals surface area contributed by atoms with Gasteiger partial charge in [0, 0.05) is 24.0 Å². The molecule has 0 amide bonds. The lowest BCUT2D eigenvalue weighted by atomic mass is 10.1. The summed E-state index contributed by atoms with van der Waals surface area (Å²) in [6.07, 6.45) is 2.83. The van der Waals surface area contributed by atoms with E-state index in [0.29, 0.717) is 17.5 Å². The van der Waals surface area contributed by atoms with Crippen LogP contribution in [-0.2, 0) is 4.74 Å². The number of rotatable bonds is 4. The molecule has 0 spiro atoms. The predicted molar refractivity (Wildman–Crippen MR) is 56.6 cm³/mol. The largest absolute Gasteiger partial charge is 0.381 e. The van der Waals surface area contributed by atoms with Gasteiger partial charge in [0.1, 0.15) is 5.04 Å². The summed E-state index contributed by atoms with van der Waals surface area (Å²) in [5.74, 6) is 0.448. The minimum Gasteiger partial charge on any atom is -0.381 e. The van der Waals surface area contributed by atoms with Crippen molar-refractivity contribution in [2.24, 2.45) is 10.9 Å². The quantitative estimate of drug-likeness (QED) is 0.306. The summed E-state index contributed by atoms with van der Waals surface area (Å²) in [5, 5.41) is 10.9. The molecule has 1 atom stereocenters. The molecule has 1 fully saturated rings. The van der Waals surface area contributed by atoms with Crippen LogP contribution in [0.5, 0.6) is 0 Å².